The van der Waals surface area contributed by atoms with E-state index in [0.29, 0.717) is 31.7 Å². The van der Waals surface area contributed by atoms with Crippen LogP contribution in [0, 0.1) is 0 Å². The molecule has 2 saturated heterocycles. The van der Waals surface area contributed by atoms with Crippen molar-refractivity contribution in [1.29, 1.82) is 0 Å². The van der Waals surface area contributed by atoms with Gasteiger partial charge in [-0.25, -0.2) is 0 Å². The van der Waals surface area contributed by atoms with Gasteiger partial charge in [0.1, 0.15) is 6.33 Å². The molecule has 1 amide bonds. The molecule has 0 unspecified atom stereocenters. The highest BCUT2D eigenvalue weighted by Gasteiger charge is 2.33. The van der Waals surface area contributed by atoms with Crippen molar-refractivity contribution in [2.24, 2.45) is 0 Å². The van der Waals surface area contributed by atoms with Gasteiger partial charge in [-0.3, -0.25) is 9.69 Å². The van der Waals surface area contributed by atoms with Gasteiger partial charge in [0, 0.05) is 38.1 Å². The lowest BCUT2D eigenvalue weighted by atomic mass is 10.1. The summed E-state index contributed by atoms with van der Waals surface area (Å²) in [5.41, 5.74) is 2.71. The van der Waals surface area contributed by atoms with Crippen molar-refractivity contribution in [2.75, 3.05) is 45.2 Å². The second-order valence-corrected chi connectivity index (χ2v) is 7.63. The zero-order valence-electron chi connectivity index (χ0n) is 16.7. The molecule has 9 heteroatoms. The number of rotatable bonds is 6. The van der Waals surface area contributed by atoms with Gasteiger partial charge in [-0.1, -0.05) is 6.92 Å². The number of carbonyl (C=O) groups excluding carboxylic acids is 1. The molecule has 2 aliphatic heterocycles. The Kier molecular flexibility index (Phi) is 5.72. The number of anilines is 1. The standard InChI is InChI=1S/C19H29N7O2/c1-3-14-10-17(19-22-21-13-26(19)23-14)20-12-16-5-4-15(24(16)2)11-18(27)25-6-8-28-9-7-25/h10,13,15-16,20H,3-9,11-12H2,1-2H3/t15-,16+/m1/s1. The van der Waals surface area contributed by atoms with Gasteiger partial charge in [0.2, 0.25) is 11.6 Å². The predicted molar refractivity (Wildman–Crippen MR) is 105 cm³/mol. The molecule has 2 atom stereocenters. The Morgan fingerprint density at radius 2 is 2.07 bits per heavy atom. The van der Waals surface area contributed by atoms with Crippen molar-refractivity contribution in [2.45, 2.75) is 44.7 Å². The van der Waals surface area contributed by atoms with Crippen molar-refractivity contribution < 1.29 is 9.53 Å². The molecule has 2 aromatic rings. The summed E-state index contributed by atoms with van der Waals surface area (Å²) in [6.07, 6.45) is 5.22. The van der Waals surface area contributed by atoms with Gasteiger partial charge < -0.3 is 15.0 Å². The minimum Gasteiger partial charge on any atom is -0.380 e. The van der Waals surface area contributed by atoms with E-state index in [1.807, 2.05) is 4.90 Å². The van der Waals surface area contributed by atoms with Gasteiger partial charge >= 0.3 is 0 Å². The molecule has 4 heterocycles. The second-order valence-electron chi connectivity index (χ2n) is 7.63. The number of aryl methyl sites for hydroxylation is 1. The van der Waals surface area contributed by atoms with E-state index in [0.717, 1.165) is 55.9 Å². The number of hydrogen-bond acceptors (Lipinski definition) is 7. The Labute approximate surface area is 165 Å². The van der Waals surface area contributed by atoms with Crippen molar-refractivity contribution in [1.82, 2.24) is 29.6 Å². The molecule has 0 aliphatic carbocycles. The number of amides is 1. The van der Waals surface area contributed by atoms with E-state index in [2.05, 4.69) is 45.6 Å². The Morgan fingerprint density at radius 3 is 2.86 bits per heavy atom. The lowest BCUT2D eigenvalue weighted by molar-refractivity contribution is -0.136. The Hall–Kier alpha value is -2.26. The van der Waals surface area contributed by atoms with Gasteiger partial charge in [-0.2, -0.15) is 9.61 Å². The fourth-order valence-electron chi connectivity index (χ4n) is 4.14. The smallest absolute Gasteiger partial charge is 0.224 e. The topological polar surface area (TPSA) is 87.9 Å². The third-order valence-corrected chi connectivity index (χ3v) is 5.97. The van der Waals surface area contributed by atoms with Crippen LogP contribution in [0.25, 0.3) is 5.65 Å². The number of nitrogens with one attached hydrogen (secondary N) is 1. The van der Waals surface area contributed by atoms with Crippen LogP contribution in [0.4, 0.5) is 5.69 Å². The van der Waals surface area contributed by atoms with Crippen molar-refractivity contribution in [3.05, 3.63) is 18.1 Å². The fraction of sp³-hybridized carbons (Fsp3) is 0.684. The van der Waals surface area contributed by atoms with Crippen LogP contribution in [0.3, 0.4) is 0 Å². The maximum atomic E-state index is 12.6. The third kappa shape index (κ3) is 3.95. The van der Waals surface area contributed by atoms with Crippen LogP contribution in [0.2, 0.25) is 0 Å². The van der Waals surface area contributed by atoms with Crippen molar-refractivity contribution >= 4 is 17.2 Å². The van der Waals surface area contributed by atoms with E-state index in [1.54, 1.807) is 10.8 Å². The minimum atomic E-state index is 0.251. The molecule has 28 heavy (non-hydrogen) atoms. The van der Waals surface area contributed by atoms with Gasteiger partial charge in [0.25, 0.3) is 0 Å². The number of morpholine rings is 1. The van der Waals surface area contributed by atoms with Crippen LogP contribution in [0.5, 0.6) is 0 Å². The Balaban J connectivity index is 1.35. The molecule has 152 valence electrons. The number of hydrogen-bond donors (Lipinski definition) is 1. The van der Waals surface area contributed by atoms with Crippen LogP contribution >= 0.6 is 0 Å². The van der Waals surface area contributed by atoms with Crippen LogP contribution < -0.4 is 5.32 Å². The summed E-state index contributed by atoms with van der Waals surface area (Å²) in [7, 11) is 2.13. The van der Waals surface area contributed by atoms with E-state index in [-0.39, 0.29) is 5.91 Å². The predicted octanol–water partition coefficient (Wildman–Crippen LogP) is 0.810. The van der Waals surface area contributed by atoms with Crippen LogP contribution in [-0.2, 0) is 16.0 Å². The first-order chi connectivity index (χ1) is 13.7. The molecule has 2 aliphatic rings. The summed E-state index contributed by atoms with van der Waals surface area (Å²) >= 11 is 0. The molecule has 1 N–H and O–H groups in total. The van der Waals surface area contributed by atoms with Gasteiger partial charge in [0.15, 0.2) is 0 Å². The van der Waals surface area contributed by atoms with E-state index in [1.165, 1.54) is 0 Å². The third-order valence-electron chi connectivity index (χ3n) is 5.97. The lowest BCUT2D eigenvalue weighted by Gasteiger charge is -2.30. The average Bonchev–Trinajstić information content (AvgIpc) is 3.34. The number of nitrogens with zero attached hydrogens (tertiary/aromatic N) is 6. The SMILES string of the molecule is CCc1cc(NC[C@@H]2CC[C@H](CC(=O)N3CCOCC3)N2C)c2nncn2n1. The first-order valence-electron chi connectivity index (χ1n) is 10.2. The normalized spacial score (nSPS) is 23.4. The number of aromatic nitrogens is 4. The van der Waals surface area contributed by atoms with E-state index in [9.17, 15) is 4.79 Å². The lowest BCUT2D eigenvalue weighted by Crippen LogP contribution is -2.44. The first kappa shape index (κ1) is 19.1. The summed E-state index contributed by atoms with van der Waals surface area (Å²) < 4.78 is 7.07. The molecule has 2 fully saturated rings. The summed E-state index contributed by atoms with van der Waals surface area (Å²) in [6, 6.07) is 2.75. The summed E-state index contributed by atoms with van der Waals surface area (Å²) in [5.74, 6) is 0.251. The molecule has 0 radical (unpaired) electrons. The molecule has 0 saturated carbocycles. The summed E-state index contributed by atoms with van der Waals surface area (Å²) in [6.45, 7) is 5.65. The van der Waals surface area contributed by atoms with Gasteiger partial charge in [-0.15, -0.1) is 10.2 Å². The van der Waals surface area contributed by atoms with E-state index >= 15 is 0 Å². The molecule has 0 bridgehead atoms. The quantitative estimate of drug-likeness (QED) is 0.785. The van der Waals surface area contributed by atoms with Crippen LogP contribution in [0.15, 0.2) is 12.4 Å². The first-order valence-corrected chi connectivity index (χ1v) is 10.2. The molecule has 0 aromatic carbocycles. The van der Waals surface area contributed by atoms with Gasteiger partial charge in [-0.05, 0) is 32.4 Å². The fourth-order valence-corrected chi connectivity index (χ4v) is 4.14. The monoisotopic (exact) mass is 387 g/mol. The second kappa shape index (κ2) is 8.40. The van der Waals surface area contributed by atoms with Crippen LogP contribution in [-0.4, -0.2) is 87.5 Å². The molecule has 9 nitrogen and oxygen atoms in total. The number of likely N-dealkylation sites (N-methyl/N-ethyl adjacent to an activating group) is 1. The molecular weight excluding hydrogens is 358 g/mol. The molecule has 0 spiro atoms. The van der Waals surface area contributed by atoms with Crippen molar-refractivity contribution in [3.8, 4) is 0 Å². The maximum absolute atomic E-state index is 12.6. The largest absolute Gasteiger partial charge is 0.380 e. The Morgan fingerprint density at radius 1 is 1.29 bits per heavy atom. The molecule has 2 aromatic heterocycles. The zero-order chi connectivity index (χ0) is 19.5. The molecule has 4 rings (SSSR count). The number of fused-ring (bicyclic) bond motifs is 1. The maximum Gasteiger partial charge on any atom is 0.224 e. The highest BCUT2D eigenvalue weighted by Crippen LogP contribution is 2.26. The summed E-state index contributed by atoms with van der Waals surface area (Å²) in [4.78, 5) is 16.9. The van der Waals surface area contributed by atoms with E-state index < -0.39 is 0 Å². The van der Waals surface area contributed by atoms with Crippen LogP contribution in [0.1, 0.15) is 31.9 Å². The highest BCUT2D eigenvalue weighted by atomic mass is 16.5. The summed E-state index contributed by atoms with van der Waals surface area (Å²) in [5, 5.41) is 16.2. The molecular formula is C19H29N7O2. The highest BCUT2D eigenvalue weighted by molar-refractivity contribution is 5.77. The zero-order valence-corrected chi connectivity index (χ0v) is 16.7. The minimum absolute atomic E-state index is 0.251. The van der Waals surface area contributed by atoms with Crippen molar-refractivity contribution in [3.63, 3.8) is 0 Å². The number of ether oxygens (including phenoxy) is 1. The Bertz CT molecular complexity index is 818. The van der Waals surface area contributed by atoms with Gasteiger partial charge in [0.05, 0.1) is 24.6 Å². The number of likely N-dealkylation sites (tertiary alicyclic amines) is 1. The van der Waals surface area contributed by atoms with E-state index in [4.69, 9.17) is 4.74 Å². The number of carbonyl (C=O) groups is 1. The average molecular weight is 387 g/mol.